The fourth-order valence-corrected chi connectivity index (χ4v) is 3.61. The lowest BCUT2D eigenvalue weighted by Gasteiger charge is -2.28. The number of nitrogens with one attached hydrogen (secondary N) is 1. The van der Waals surface area contributed by atoms with Crippen molar-refractivity contribution >= 4 is 23.0 Å². The highest BCUT2D eigenvalue weighted by Crippen LogP contribution is 2.34. The monoisotopic (exact) mass is 394 g/mol. The molecular weight excluding hydrogens is 373 g/mol. The van der Waals surface area contributed by atoms with E-state index in [0.717, 1.165) is 42.8 Å². The number of ether oxygens (including phenoxy) is 1. The number of hydrogen-bond acceptors (Lipinski definition) is 2. The van der Waals surface area contributed by atoms with Gasteiger partial charge >= 0.3 is 6.18 Å². The molecule has 3 nitrogen and oxygen atoms in total. The lowest BCUT2D eigenvalue weighted by Crippen LogP contribution is -2.34. The van der Waals surface area contributed by atoms with Gasteiger partial charge in [-0.05, 0) is 67.9 Å². The summed E-state index contributed by atoms with van der Waals surface area (Å²) in [5, 5.41) is 3.40. The van der Waals surface area contributed by atoms with E-state index in [4.69, 9.17) is 17.0 Å². The van der Waals surface area contributed by atoms with E-state index in [0.29, 0.717) is 17.4 Å². The molecule has 1 fully saturated rings. The third kappa shape index (κ3) is 4.71. The third-order valence-electron chi connectivity index (χ3n) is 4.53. The summed E-state index contributed by atoms with van der Waals surface area (Å²) in [7, 11) is 0. The normalized spacial score (nSPS) is 17.0. The lowest BCUT2D eigenvalue weighted by atomic mass is 10.0. The van der Waals surface area contributed by atoms with Crippen LogP contribution in [0.4, 0.5) is 18.9 Å². The quantitative estimate of drug-likeness (QED) is 0.679. The molecule has 0 aromatic heterocycles. The Hall–Kier alpha value is -2.28. The molecule has 0 aliphatic carbocycles. The van der Waals surface area contributed by atoms with Crippen molar-refractivity contribution in [3.63, 3.8) is 0 Å². The predicted molar refractivity (Wildman–Crippen MR) is 104 cm³/mol. The second kappa shape index (κ2) is 8.17. The molecule has 1 saturated heterocycles. The van der Waals surface area contributed by atoms with E-state index < -0.39 is 11.7 Å². The van der Waals surface area contributed by atoms with Crippen molar-refractivity contribution in [2.24, 2.45) is 0 Å². The highest BCUT2D eigenvalue weighted by Gasteiger charge is 2.31. The van der Waals surface area contributed by atoms with Gasteiger partial charge in [0, 0.05) is 12.2 Å². The van der Waals surface area contributed by atoms with Crippen LogP contribution in [-0.2, 0) is 6.18 Å². The maximum absolute atomic E-state index is 12.9. The number of halogens is 3. The molecule has 3 rings (SSSR count). The molecule has 1 aliphatic rings. The maximum Gasteiger partial charge on any atom is 0.416 e. The Morgan fingerprint density at radius 3 is 2.63 bits per heavy atom. The first-order valence-corrected chi connectivity index (χ1v) is 9.27. The standard InChI is InChI=1S/C20H21F3N2OS/c1-2-26-17-10-8-14(9-11-17)18-7-4-12-25(18)19(27)24-16-6-3-5-15(13-16)20(21,22)23/h3,5-6,8-11,13,18H,2,4,7,12H2,1H3,(H,24,27)/t18-/m1/s1. The molecule has 0 unspecified atom stereocenters. The van der Waals surface area contributed by atoms with Crippen molar-refractivity contribution in [3.05, 3.63) is 59.7 Å². The van der Waals surface area contributed by atoms with Crippen LogP contribution >= 0.6 is 12.2 Å². The second-order valence-corrected chi connectivity index (χ2v) is 6.75. The average molecular weight is 394 g/mol. The summed E-state index contributed by atoms with van der Waals surface area (Å²) in [4.78, 5) is 2.03. The Balaban J connectivity index is 1.72. The van der Waals surface area contributed by atoms with Crippen LogP contribution in [0.5, 0.6) is 5.75 Å². The maximum atomic E-state index is 12.9. The first-order valence-electron chi connectivity index (χ1n) is 8.86. The number of hydrogen-bond donors (Lipinski definition) is 1. The number of benzene rings is 2. The minimum atomic E-state index is -4.38. The fraction of sp³-hybridized carbons (Fsp3) is 0.350. The van der Waals surface area contributed by atoms with Gasteiger partial charge in [-0.2, -0.15) is 13.2 Å². The molecule has 0 radical (unpaired) electrons. The predicted octanol–water partition coefficient (Wildman–Crippen LogP) is 5.64. The molecule has 0 saturated carbocycles. The molecule has 144 valence electrons. The van der Waals surface area contributed by atoms with Crippen LogP contribution in [0.2, 0.25) is 0 Å². The van der Waals surface area contributed by atoms with E-state index in [1.54, 1.807) is 6.07 Å². The van der Waals surface area contributed by atoms with E-state index >= 15 is 0 Å². The number of rotatable bonds is 4. The van der Waals surface area contributed by atoms with Crippen LogP contribution < -0.4 is 10.1 Å². The Kier molecular flexibility index (Phi) is 5.89. The van der Waals surface area contributed by atoms with Gasteiger partial charge in [0.25, 0.3) is 0 Å². The zero-order valence-corrected chi connectivity index (χ0v) is 15.7. The summed E-state index contributed by atoms with van der Waals surface area (Å²) >= 11 is 5.49. The van der Waals surface area contributed by atoms with Crippen molar-refractivity contribution in [3.8, 4) is 5.75 Å². The molecule has 1 N–H and O–H groups in total. The van der Waals surface area contributed by atoms with Crippen LogP contribution in [0.3, 0.4) is 0 Å². The minimum absolute atomic E-state index is 0.103. The van der Waals surface area contributed by atoms with Gasteiger partial charge in [0.05, 0.1) is 18.2 Å². The number of likely N-dealkylation sites (tertiary alicyclic amines) is 1. The van der Waals surface area contributed by atoms with Gasteiger partial charge in [0.2, 0.25) is 0 Å². The molecule has 2 aromatic rings. The smallest absolute Gasteiger partial charge is 0.416 e. The van der Waals surface area contributed by atoms with Crippen molar-refractivity contribution in [1.29, 1.82) is 0 Å². The summed E-state index contributed by atoms with van der Waals surface area (Å²) in [6.07, 6.45) is -2.46. The van der Waals surface area contributed by atoms with Gasteiger partial charge < -0.3 is 15.0 Å². The van der Waals surface area contributed by atoms with Crippen molar-refractivity contribution in [1.82, 2.24) is 4.90 Å². The Labute approximate surface area is 162 Å². The molecule has 0 spiro atoms. The third-order valence-corrected chi connectivity index (χ3v) is 4.87. The number of anilines is 1. The molecular formula is C20H21F3N2OS. The van der Waals surface area contributed by atoms with Gasteiger partial charge in [-0.3, -0.25) is 0 Å². The van der Waals surface area contributed by atoms with Crippen molar-refractivity contribution in [2.45, 2.75) is 32.0 Å². The van der Waals surface area contributed by atoms with Gasteiger partial charge in [0.1, 0.15) is 5.75 Å². The molecule has 2 aromatic carbocycles. The van der Waals surface area contributed by atoms with E-state index in [2.05, 4.69) is 5.32 Å². The van der Waals surface area contributed by atoms with E-state index in [-0.39, 0.29) is 6.04 Å². The molecule has 1 heterocycles. The second-order valence-electron chi connectivity index (χ2n) is 6.36. The Morgan fingerprint density at radius 1 is 1.22 bits per heavy atom. The van der Waals surface area contributed by atoms with Gasteiger partial charge in [-0.15, -0.1) is 0 Å². The molecule has 27 heavy (non-hydrogen) atoms. The zero-order valence-electron chi connectivity index (χ0n) is 14.9. The highest BCUT2D eigenvalue weighted by molar-refractivity contribution is 7.80. The average Bonchev–Trinajstić information content (AvgIpc) is 3.12. The first-order chi connectivity index (χ1) is 12.9. The number of nitrogens with zero attached hydrogens (tertiary/aromatic N) is 1. The topological polar surface area (TPSA) is 24.5 Å². The summed E-state index contributed by atoms with van der Waals surface area (Å²) in [6.45, 7) is 3.31. The highest BCUT2D eigenvalue weighted by atomic mass is 32.1. The van der Waals surface area contributed by atoms with Crippen LogP contribution in [0.1, 0.15) is 36.9 Å². The van der Waals surface area contributed by atoms with Gasteiger partial charge in [-0.25, -0.2) is 0 Å². The van der Waals surface area contributed by atoms with Crippen LogP contribution in [0.25, 0.3) is 0 Å². The SMILES string of the molecule is CCOc1ccc([C@H]2CCCN2C(=S)Nc2cccc(C(F)(F)F)c2)cc1. The largest absolute Gasteiger partial charge is 0.494 e. The van der Waals surface area contributed by atoms with Crippen molar-refractivity contribution < 1.29 is 17.9 Å². The molecule has 1 atom stereocenters. The Bertz CT molecular complexity index is 793. The van der Waals surface area contributed by atoms with Crippen LogP contribution in [0.15, 0.2) is 48.5 Å². The molecule has 0 amide bonds. The Morgan fingerprint density at radius 2 is 1.96 bits per heavy atom. The summed E-state index contributed by atoms with van der Waals surface area (Å²) in [5.74, 6) is 0.815. The molecule has 7 heteroatoms. The fourth-order valence-electron chi connectivity index (χ4n) is 3.28. The van der Waals surface area contributed by atoms with Gasteiger partial charge in [-0.1, -0.05) is 18.2 Å². The van der Waals surface area contributed by atoms with E-state index in [1.807, 2.05) is 36.1 Å². The molecule has 0 bridgehead atoms. The van der Waals surface area contributed by atoms with Gasteiger partial charge in [0.15, 0.2) is 5.11 Å². The van der Waals surface area contributed by atoms with E-state index in [1.165, 1.54) is 6.07 Å². The lowest BCUT2D eigenvalue weighted by molar-refractivity contribution is -0.137. The zero-order chi connectivity index (χ0) is 19.4. The first kappa shape index (κ1) is 19.5. The number of thiocarbonyl (C=S) groups is 1. The van der Waals surface area contributed by atoms with Crippen molar-refractivity contribution in [2.75, 3.05) is 18.5 Å². The minimum Gasteiger partial charge on any atom is -0.494 e. The summed E-state index contributed by atoms with van der Waals surface area (Å²) in [6, 6.07) is 13.1. The van der Waals surface area contributed by atoms with Crippen LogP contribution in [0, 0.1) is 0 Å². The molecule has 1 aliphatic heterocycles. The van der Waals surface area contributed by atoms with Crippen LogP contribution in [-0.4, -0.2) is 23.2 Å². The number of alkyl halides is 3. The summed E-state index contributed by atoms with van der Waals surface area (Å²) in [5.41, 5.74) is 0.760. The van der Waals surface area contributed by atoms with E-state index in [9.17, 15) is 13.2 Å². The summed E-state index contributed by atoms with van der Waals surface area (Å²) < 4.78 is 44.2.